The Labute approximate surface area is 107 Å². The number of aromatic nitrogens is 2. The molecule has 0 atom stereocenters. The molecule has 5 heteroatoms. The molecule has 0 aliphatic rings. The predicted molar refractivity (Wildman–Crippen MR) is 68.9 cm³/mol. The van der Waals surface area contributed by atoms with Crippen LogP contribution in [-0.4, -0.2) is 15.9 Å². The van der Waals surface area contributed by atoms with E-state index in [9.17, 15) is 4.79 Å². The molecular formula is C12H10BrN3O. The number of hydrogen-bond acceptors (Lipinski definition) is 3. The van der Waals surface area contributed by atoms with Crippen molar-refractivity contribution in [1.82, 2.24) is 9.97 Å². The van der Waals surface area contributed by atoms with Crippen LogP contribution >= 0.6 is 15.9 Å². The maximum absolute atomic E-state index is 11.9. The lowest BCUT2D eigenvalue weighted by Gasteiger charge is -2.05. The van der Waals surface area contributed by atoms with Crippen molar-refractivity contribution in [2.24, 2.45) is 0 Å². The van der Waals surface area contributed by atoms with E-state index in [1.807, 2.05) is 19.1 Å². The van der Waals surface area contributed by atoms with E-state index in [-0.39, 0.29) is 5.91 Å². The zero-order valence-electron chi connectivity index (χ0n) is 9.14. The molecule has 2 rings (SSSR count). The number of anilines is 1. The Morgan fingerprint density at radius 2 is 2.12 bits per heavy atom. The van der Waals surface area contributed by atoms with Crippen molar-refractivity contribution in [1.29, 1.82) is 0 Å². The normalized spacial score (nSPS) is 10.0. The van der Waals surface area contributed by atoms with Gasteiger partial charge in [-0.15, -0.1) is 0 Å². The largest absolute Gasteiger partial charge is 0.305 e. The summed E-state index contributed by atoms with van der Waals surface area (Å²) in [5.41, 5.74) is 1.60. The van der Waals surface area contributed by atoms with Gasteiger partial charge in [0.25, 0.3) is 5.91 Å². The Balaban J connectivity index is 2.20. The highest BCUT2D eigenvalue weighted by molar-refractivity contribution is 9.10. The lowest BCUT2D eigenvalue weighted by molar-refractivity contribution is 0.102. The maximum Gasteiger partial charge on any atom is 0.256 e. The fourth-order valence-electron chi connectivity index (χ4n) is 1.42. The van der Waals surface area contributed by atoms with Gasteiger partial charge in [-0.2, -0.15) is 0 Å². The van der Waals surface area contributed by atoms with Crippen LogP contribution in [0, 0.1) is 6.92 Å². The molecule has 0 aliphatic carbocycles. The molecule has 0 saturated heterocycles. The number of carbonyl (C=O) groups excluding carboxylic acids is 1. The highest BCUT2D eigenvalue weighted by Gasteiger charge is 2.07. The lowest BCUT2D eigenvalue weighted by atomic mass is 10.1. The Morgan fingerprint density at radius 3 is 2.76 bits per heavy atom. The minimum absolute atomic E-state index is 0.199. The van der Waals surface area contributed by atoms with Crippen LogP contribution in [0.4, 0.5) is 5.82 Å². The van der Waals surface area contributed by atoms with Crippen molar-refractivity contribution in [3.63, 3.8) is 0 Å². The van der Waals surface area contributed by atoms with E-state index in [2.05, 4.69) is 31.2 Å². The first-order chi connectivity index (χ1) is 8.15. The number of nitrogens with zero attached hydrogens (tertiary/aromatic N) is 2. The number of nitrogens with one attached hydrogen (secondary N) is 1. The second kappa shape index (κ2) is 5.05. The Bertz CT molecular complexity index is 522. The summed E-state index contributed by atoms with van der Waals surface area (Å²) in [6.45, 7) is 1.93. The van der Waals surface area contributed by atoms with E-state index in [4.69, 9.17) is 0 Å². The molecule has 2 aromatic rings. The Morgan fingerprint density at radius 1 is 1.29 bits per heavy atom. The number of aryl methyl sites for hydroxylation is 1. The van der Waals surface area contributed by atoms with Gasteiger partial charge in [0.05, 0.1) is 6.20 Å². The maximum atomic E-state index is 11.9. The summed E-state index contributed by atoms with van der Waals surface area (Å²) in [6.07, 6.45) is 4.59. The molecule has 0 spiro atoms. The molecule has 0 aliphatic heterocycles. The molecule has 1 heterocycles. The van der Waals surface area contributed by atoms with Gasteiger partial charge < -0.3 is 5.32 Å². The standard InChI is InChI=1S/C12H10BrN3O/c1-8-4-9(6-10(13)5-8)12(17)16-11-7-14-2-3-15-11/h2-7H,1H3,(H,15,16,17). The van der Waals surface area contributed by atoms with E-state index in [0.29, 0.717) is 11.4 Å². The van der Waals surface area contributed by atoms with Crippen molar-refractivity contribution in [3.8, 4) is 0 Å². The van der Waals surface area contributed by atoms with Crippen LogP contribution in [0.25, 0.3) is 0 Å². The fourth-order valence-corrected chi connectivity index (χ4v) is 2.03. The van der Waals surface area contributed by atoms with Gasteiger partial charge in [0.15, 0.2) is 5.82 Å². The van der Waals surface area contributed by atoms with E-state index < -0.39 is 0 Å². The minimum Gasteiger partial charge on any atom is -0.305 e. The van der Waals surface area contributed by atoms with E-state index in [0.717, 1.165) is 10.0 Å². The molecular weight excluding hydrogens is 282 g/mol. The summed E-state index contributed by atoms with van der Waals surface area (Å²) in [5, 5.41) is 2.68. The third-order valence-electron chi connectivity index (χ3n) is 2.11. The van der Waals surface area contributed by atoms with Gasteiger partial charge in [-0.3, -0.25) is 9.78 Å². The van der Waals surface area contributed by atoms with Gasteiger partial charge in [-0.05, 0) is 30.7 Å². The third kappa shape index (κ3) is 3.10. The monoisotopic (exact) mass is 291 g/mol. The van der Waals surface area contributed by atoms with Crippen LogP contribution in [0.2, 0.25) is 0 Å². The molecule has 1 N–H and O–H groups in total. The SMILES string of the molecule is Cc1cc(Br)cc(C(=O)Nc2cnccn2)c1. The highest BCUT2D eigenvalue weighted by Crippen LogP contribution is 2.16. The molecule has 1 aromatic carbocycles. The van der Waals surface area contributed by atoms with Crippen LogP contribution in [0.3, 0.4) is 0 Å². The van der Waals surface area contributed by atoms with E-state index in [1.54, 1.807) is 12.3 Å². The van der Waals surface area contributed by atoms with Crippen LogP contribution in [0.5, 0.6) is 0 Å². The summed E-state index contributed by atoms with van der Waals surface area (Å²) in [5.74, 6) is 0.241. The molecule has 0 fully saturated rings. The second-order valence-corrected chi connectivity index (χ2v) is 4.48. The third-order valence-corrected chi connectivity index (χ3v) is 2.57. The molecule has 0 bridgehead atoms. The van der Waals surface area contributed by atoms with Crippen molar-refractivity contribution < 1.29 is 4.79 Å². The number of halogens is 1. The van der Waals surface area contributed by atoms with Gasteiger partial charge in [0.1, 0.15) is 0 Å². The van der Waals surface area contributed by atoms with E-state index in [1.165, 1.54) is 12.4 Å². The number of hydrogen-bond donors (Lipinski definition) is 1. The average Bonchev–Trinajstić information content (AvgIpc) is 2.29. The highest BCUT2D eigenvalue weighted by atomic mass is 79.9. The second-order valence-electron chi connectivity index (χ2n) is 3.56. The number of benzene rings is 1. The van der Waals surface area contributed by atoms with Crippen LogP contribution in [-0.2, 0) is 0 Å². The molecule has 1 aromatic heterocycles. The topological polar surface area (TPSA) is 54.9 Å². The predicted octanol–water partition coefficient (Wildman–Crippen LogP) is 2.80. The molecule has 86 valence electrons. The van der Waals surface area contributed by atoms with Crippen molar-refractivity contribution in [2.75, 3.05) is 5.32 Å². The first-order valence-corrected chi connectivity index (χ1v) is 5.79. The molecule has 0 radical (unpaired) electrons. The first kappa shape index (κ1) is 11.7. The number of amides is 1. The van der Waals surface area contributed by atoms with Crippen LogP contribution in [0.15, 0.2) is 41.3 Å². The Kier molecular flexibility index (Phi) is 3.49. The van der Waals surface area contributed by atoms with Gasteiger partial charge in [-0.1, -0.05) is 15.9 Å². The van der Waals surface area contributed by atoms with Gasteiger partial charge in [0, 0.05) is 22.4 Å². The molecule has 1 amide bonds. The summed E-state index contributed by atoms with van der Waals surface area (Å²) in [6, 6.07) is 5.52. The summed E-state index contributed by atoms with van der Waals surface area (Å²) >= 11 is 3.36. The molecule has 0 saturated carbocycles. The van der Waals surface area contributed by atoms with Gasteiger partial charge >= 0.3 is 0 Å². The molecule has 4 nitrogen and oxygen atoms in total. The molecule has 0 unspecified atom stereocenters. The summed E-state index contributed by atoms with van der Waals surface area (Å²) in [7, 11) is 0. The lowest BCUT2D eigenvalue weighted by Crippen LogP contribution is -2.13. The minimum atomic E-state index is -0.199. The Hall–Kier alpha value is -1.75. The van der Waals surface area contributed by atoms with Gasteiger partial charge in [0.2, 0.25) is 0 Å². The van der Waals surface area contributed by atoms with E-state index >= 15 is 0 Å². The van der Waals surface area contributed by atoms with Crippen molar-refractivity contribution in [2.45, 2.75) is 6.92 Å². The van der Waals surface area contributed by atoms with Crippen molar-refractivity contribution >= 4 is 27.7 Å². The molecule has 17 heavy (non-hydrogen) atoms. The van der Waals surface area contributed by atoms with Gasteiger partial charge in [-0.25, -0.2) is 4.98 Å². The van der Waals surface area contributed by atoms with Crippen molar-refractivity contribution in [3.05, 3.63) is 52.4 Å². The summed E-state index contributed by atoms with van der Waals surface area (Å²) < 4.78 is 0.877. The average molecular weight is 292 g/mol. The first-order valence-electron chi connectivity index (χ1n) is 5.00. The number of rotatable bonds is 2. The number of carbonyl (C=O) groups is 1. The zero-order valence-corrected chi connectivity index (χ0v) is 10.7. The zero-order chi connectivity index (χ0) is 12.3. The summed E-state index contributed by atoms with van der Waals surface area (Å²) in [4.78, 5) is 19.8. The smallest absolute Gasteiger partial charge is 0.256 e. The quantitative estimate of drug-likeness (QED) is 0.926. The van der Waals surface area contributed by atoms with Crippen LogP contribution < -0.4 is 5.32 Å². The fraction of sp³-hybridized carbons (Fsp3) is 0.0833. The van der Waals surface area contributed by atoms with Crippen LogP contribution in [0.1, 0.15) is 15.9 Å².